The lowest BCUT2D eigenvalue weighted by molar-refractivity contribution is 0.414. The summed E-state index contributed by atoms with van der Waals surface area (Å²) in [7, 11) is -2.20. The quantitative estimate of drug-likeness (QED) is 0.887. The summed E-state index contributed by atoms with van der Waals surface area (Å²) in [4.78, 5) is 4.04. The maximum absolute atomic E-state index is 12.2. The number of hydrogen-bond donors (Lipinski definition) is 1. The lowest BCUT2D eigenvalue weighted by Crippen LogP contribution is -2.14. The molecule has 0 amide bonds. The van der Waals surface area contributed by atoms with E-state index in [0.29, 0.717) is 15.2 Å². The van der Waals surface area contributed by atoms with Crippen molar-refractivity contribution in [3.63, 3.8) is 0 Å². The zero-order chi connectivity index (χ0) is 14.8. The van der Waals surface area contributed by atoms with Gasteiger partial charge >= 0.3 is 0 Å². The van der Waals surface area contributed by atoms with Gasteiger partial charge in [-0.25, -0.2) is 13.4 Å². The summed E-state index contributed by atoms with van der Waals surface area (Å²) >= 11 is 8.96. The van der Waals surface area contributed by atoms with Crippen LogP contribution in [0.15, 0.2) is 45.9 Å². The Balaban J connectivity index is 2.30. The number of sulfonamides is 1. The molecule has 0 saturated carbocycles. The van der Waals surface area contributed by atoms with Crippen molar-refractivity contribution < 1.29 is 13.2 Å². The van der Waals surface area contributed by atoms with E-state index in [1.54, 1.807) is 18.2 Å². The highest BCUT2D eigenvalue weighted by atomic mass is 79.9. The van der Waals surface area contributed by atoms with E-state index in [9.17, 15) is 8.42 Å². The van der Waals surface area contributed by atoms with E-state index in [4.69, 9.17) is 16.3 Å². The van der Waals surface area contributed by atoms with Crippen LogP contribution in [0.2, 0.25) is 5.02 Å². The first kappa shape index (κ1) is 15.1. The van der Waals surface area contributed by atoms with E-state index in [1.165, 1.54) is 25.4 Å². The predicted molar refractivity (Wildman–Crippen MR) is 80.7 cm³/mol. The van der Waals surface area contributed by atoms with Crippen molar-refractivity contribution in [1.82, 2.24) is 4.98 Å². The second-order valence-corrected chi connectivity index (χ2v) is 6.74. The number of methoxy groups -OCH3 is 1. The Bertz CT molecular complexity index is 720. The fourth-order valence-corrected chi connectivity index (χ4v) is 3.33. The van der Waals surface area contributed by atoms with Crippen molar-refractivity contribution in [2.75, 3.05) is 11.8 Å². The van der Waals surface area contributed by atoms with Crippen LogP contribution in [0.5, 0.6) is 5.75 Å². The van der Waals surface area contributed by atoms with Crippen molar-refractivity contribution in [1.29, 1.82) is 0 Å². The highest BCUT2D eigenvalue weighted by molar-refractivity contribution is 9.10. The monoisotopic (exact) mass is 376 g/mol. The van der Waals surface area contributed by atoms with E-state index in [-0.39, 0.29) is 10.7 Å². The Morgan fingerprint density at radius 3 is 2.50 bits per heavy atom. The van der Waals surface area contributed by atoms with Gasteiger partial charge in [0.15, 0.2) is 5.82 Å². The van der Waals surface area contributed by atoms with Crippen LogP contribution >= 0.6 is 27.5 Å². The summed E-state index contributed by atoms with van der Waals surface area (Å²) in [5.74, 6) is 0.750. The fraction of sp³-hybridized carbons (Fsp3) is 0.0833. The number of anilines is 1. The second kappa shape index (κ2) is 5.99. The van der Waals surface area contributed by atoms with Crippen molar-refractivity contribution in [2.45, 2.75) is 4.90 Å². The molecule has 2 rings (SSSR count). The molecule has 1 aromatic carbocycles. The zero-order valence-electron chi connectivity index (χ0n) is 10.3. The molecule has 8 heteroatoms. The molecule has 20 heavy (non-hydrogen) atoms. The van der Waals surface area contributed by atoms with Crippen LogP contribution in [0.25, 0.3) is 0 Å². The number of hydrogen-bond acceptors (Lipinski definition) is 4. The average Bonchev–Trinajstić information content (AvgIpc) is 2.42. The van der Waals surface area contributed by atoms with Gasteiger partial charge in [0, 0.05) is 6.20 Å². The molecule has 0 fully saturated rings. The molecule has 0 aliphatic carbocycles. The molecule has 2 aromatic rings. The summed E-state index contributed by atoms with van der Waals surface area (Å²) in [6.45, 7) is 0. The second-order valence-electron chi connectivity index (χ2n) is 3.76. The topological polar surface area (TPSA) is 68.3 Å². The lowest BCUT2D eigenvalue weighted by atomic mass is 10.3. The van der Waals surface area contributed by atoms with Crippen LogP contribution in [0.3, 0.4) is 0 Å². The van der Waals surface area contributed by atoms with Gasteiger partial charge < -0.3 is 4.74 Å². The van der Waals surface area contributed by atoms with E-state index < -0.39 is 10.0 Å². The summed E-state index contributed by atoms with van der Waals surface area (Å²) in [6.07, 6.45) is 1.36. The minimum absolute atomic E-state index is 0.113. The van der Waals surface area contributed by atoms with E-state index in [0.717, 1.165) is 0 Å². The van der Waals surface area contributed by atoms with Gasteiger partial charge in [-0.05, 0) is 46.3 Å². The van der Waals surface area contributed by atoms with Gasteiger partial charge in [-0.3, -0.25) is 4.72 Å². The standard InChI is InChI=1S/C12H10BrClN2O3S/c1-19-9-2-4-10(5-3-9)20(17,18)16-12-11(13)6-8(14)7-15-12/h2-7H,1H3,(H,15,16). The molecule has 5 nitrogen and oxygen atoms in total. The van der Waals surface area contributed by atoms with Gasteiger partial charge in [-0.2, -0.15) is 0 Å². The molecule has 0 radical (unpaired) electrons. The number of nitrogens with one attached hydrogen (secondary N) is 1. The van der Waals surface area contributed by atoms with Gasteiger partial charge in [0.2, 0.25) is 0 Å². The molecule has 106 valence electrons. The van der Waals surface area contributed by atoms with E-state index in [2.05, 4.69) is 25.6 Å². The van der Waals surface area contributed by atoms with E-state index in [1.807, 2.05) is 0 Å². The molecular formula is C12H10BrClN2O3S. The number of benzene rings is 1. The van der Waals surface area contributed by atoms with Crippen molar-refractivity contribution in [3.05, 3.63) is 46.0 Å². The van der Waals surface area contributed by atoms with Crippen LogP contribution in [0, 0.1) is 0 Å². The maximum atomic E-state index is 12.2. The molecule has 1 heterocycles. The Kier molecular flexibility index (Phi) is 4.52. The fourth-order valence-electron chi connectivity index (χ4n) is 1.43. The van der Waals surface area contributed by atoms with Crippen LogP contribution in [0.4, 0.5) is 5.82 Å². The number of halogens is 2. The van der Waals surface area contributed by atoms with Gasteiger partial charge in [0.1, 0.15) is 5.75 Å². The minimum Gasteiger partial charge on any atom is -0.497 e. The van der Waals surface area contributed by atoms with Crippen LogP contribution in [-0.4, -0.2) is 20.5 Å². The number of nitrogens with zero attached hydrogens (tertiary/aromatic N) is 1. The molecule has 0 spiro atoms. The normalized spacial score (nSPS) is 11.2. The molecule has 0 saturated heterocycles. The molecule has 0 bridgehead atoms. The van der Waals surface area contributed by atoms with Crippen LogP contribution < -0.4 is 9.46 Å². The first-order chi connectivity index (χ1) is 9.42. The average molecular weight is 378 g/mol. The van der Waals surface area contributed by atoms with E-state index >= 15 is 0 Å². The van der Waals surface area contributed by atoms with Crippen molar-refractivity contribution >= 4 is 43.4 Å². The van der Waals surface area contributed by atoms with Gasteiger partial charge in [-0.15, -0.1) is 0 Å². The molecule has 0 aliphatic rings. The highest BCUT2D eigenvalue weighted by Gasteiger charge is 2.16. The number of ether oxygens (including phenoxy) is 1. The summed E-state index contributed by atoms with van der Waals surface area (Å²) in [5, 5.41) is 0.407. The summed E-state index contributed by atoms with van der Waals surface area (Å²) < 4.78 is 32.2. The number of aromatic nitrogens is 1. The first-order valence-corrected chi connectivity index (χ1v) is 8.06. The Hall–Kier alpha value is -1.31. The first-order valence-electron chi connectivity index (χ1n) is 5.40. The van der Waals surface area contributed by atoms with Crippen molar-refractivity contribution in [3.8, 4) is 5.75 Å². The predicted octanol–water partition coefficient (Wildman–Crippen LogP) is 3.31. The molecule has 1 aromatic heterocycles. The van der Waals surface area contributed by atoms with Gasteiger partial charge in [0.25, 0.3) is 10.0 Å². The molecule has 1 N–H and O–H groups in total. The van der Waals surface area contributed by atoms with Crippen molar-refractivity contribution in [2.24, 2.45) is 0 Å². The molecule has 0 aliphatic heterocycles. The smallest absolute Gasteiger partial charge is 0.263 e. The molecule has 0 unspecified atom stereocenters. The molecule has 0 atom stereocenters. The van der Waals surface area contributed by atoms with Gasteiger partial charge in [-0.1, -0.05) is 11.6 Å². The Morgan fingerprint density at radius 1 is 1.30 bits per heavy atom. The van der Waals surface area contributed by atoms with Gasteiger partial charge in [0.05, 0.1) is 21.5 Å². The third-order valence-corrected chi connectivity index (χ3v) is 4.57. The molecular weight excluding hydrogens is 368 g/mol. The zero-order valence-corrected chi connectivity index (χ0v) is 13.5. The highest BCUT2D eigenvalue weighted by Crippen LogP contribution is 2.26. The summed E-state index contributed by atoms with van der Waals surface area (Å²) in [6, 6.07) is 7.59. The number of rotatable bonds is 4. The largest absolute Gasteiger partial charge is 0.497 e. The number of pyridine rings is 1. The minimum atomic E-state index is -3.71. The summed E-state index contributed by atoms with van der Waals surface area (Å²) in [5.41, 5.74) is 0. The Morgan fingerprint density at radius 2 is 1.95 bits per heavy atom. The Labute approximate surface area is 130 Å². The SMILES string of the molecule is COc1ccc(S(=O)(=O)Nc2ncc(Cl)cc2Br)cc1. The third kappa shape index (κ3) is 3.41. The maximum Gasteiger partial charge on any atom is 0.263 e. The lowest BCUT2D eigenvalue weighted by Gasteiger charge is -2.09. The van der Waals surface area contributed by atoms with Crippen LogP contribution in [-0.2, 0) is 10.0 Å². The third-order valence-electron chi connectivity index (χ3n) is 2.41. The van der Waals surface area contributed by atoms with Crippen LogP contribution in [0.1, 0.15) is 0 Å².